The van der Waals surface area contributed by atoms with E-state index in [-0.39, 0.29) is 30.7 Å². The molecular weight excluding hydrogens is 386 g/mol. The summed E-state index contributed by atoms with van der Waals surface area (Å²) in [5, 5.41) is 5.25. The Morgan fingerprint density at radius 1 is 1.03 bits per heavy atom. The molecule has 1 N–H and O–H groups in total. The molecule has 0 fully saturated rings. The molecule has 0 radical (unpaired) electrons. The van der Waals surface area contributed by atoms with E-state index in [0.717, 1.165) is 10.4 Å². The van der Waals surface area contributed by atoms with Gasteiger partial charge >= 0.3 is 0 Å². The van der Waals surface area contributed by atoms with Crippen molar-refractivity contribution in [2.24, 2.45) is 0 Å². The molecule has 0 bridgehead atoms. The van der Waals surface area contributed by atoms with Crippen LogP contribution >= 0.6 is 11.8 Å². The number of imide groups is 1. The smallest absolute Gasteiger partial charge is 0.261 e. The van der Waals surface area contributed by atoms with Crippen molar-refractivity contribution in [2.45, 2.75) is 17.9 Å². The number of nitrogens with zero attached hydrogens (tertiary/aromatic N) is 2. The molecule has 2 heterocycles. The number of carbonyl (C=O) groups is 3. The molecule has 0 atom stereocenters. The normalized spacial score (nSPS) is 13.1. The maximum absolute atomic E-state index is 12.8. The molecule has 0 aliphatic carbocycles. The number of hydrogen-bond acceptors (Lipinski definition) is 5. The molecular formula is C22H19N3O3S. The standard InChI is InChI=1S/C22H19N3O3S/c1-29-19-11-10-15(13-23-19)24-18(26)9-4-12-25-21(27)16-7-2-5-14-6-3-8-17(20(14)16)22(25)28/h2-3,5-8,10-11,13H,4,9,12H2,1H3,(H,24,26). The summed E-state index contributed by atoms with van der Waals surface area (Å²) in [4.78, 5) is 43.3. The van der Waals surface area contributed by atoms with Crippen LogP contribution in [0.1, 0.15) is 33.6 Å². The maximum Gasteiger partial charge on any atom is 0.261 e. The fourth-order valence-electron chi connectivity index (χ4n) is 3.48. The topological polar surface area (TPSA) is 79.4 Å². The highest BCUT2D eigenvalue weighted by atomic mass is 32.2. The summed E-state index contributed by atoms with van der Waals surface area (Å²) in [6.07, 6.45) is 4.13. The van der Waals surface area contributed by atoms with Crippen LogP contribution in [-0.4, -0.2) is 40.4 Å². The highest BCUT2D eigenvalue weighted by Gasteiger charge is 2.32. The fourth-order valence-corrected chi connectivity index (χ4v) is 3.84. The first-order chi connectivity index (χ1) is 14.1. The lowest BCUT2D eigenvalue weighted by atomic mass is 9.94. The van der Waals surface area contributed by atoms with Gasteiger partial charge in [0.25, 0.3) is 11.8 Å². The number of nitrogens with one attached hydrogen (secondary N) is 1. The fraction of sp³-hybridized carbons (Fsp3) is 0.182. The molecule has 7 heteroatoms. The number of anilines is 1. The minimum absolute atomic E-state index is 0.178. The quantitative estimate of drug-likeness (QED) is 0.496. The Labute approximate surface area is 172 Å². The molecule has 1 aromatic heterocycles. The van der Waals surface area contributed by atoms with Crippen molar-refractivity contribution in [2.75, 3.05) is 18.1 Å². The van der Waals surface area contributed by atoms with Crippen molar-refractivity contribution in [3.05, 3.63) is 65.9 Å². The van der Waals surface area contributed by atoms with Gasteiger partial charge in [-0.25, -0.2) is 4.98 Å². The van der Waals surface area contributed by atoms with Gasteiger partial charge in [-0.05, 0) is 42.3 Å². The van der Waals surface area contributed by atoms with E-state index in [1.165, 1.54) is 16.7 Å². The van der Waals surface area contributed by atoms with Gasteiger partial charge < -0.3 is 5.32 Å². The number of rotatable bonds is 6. The summed E-state index contributed by atoms with van der Waals surface area (Å²) < 4.78 is 0. The monoisotopic (exact) mass is 405 g/mol. The van der Waals surface area contributed by atoms with Gasteiger partial charge in [-0.15, -0.1) is 11.8 Å². The molecule has 0 saturated carbocycles. The molecule has 1 aliphatic rings. The summed E-state index contributed by atoms with van der Waals surface area (Å²) in [6.45, 7) is 0.194. The molecule has 0 saturated heterocycles. The summed E-state index contributed by atoms with van der Waals surface area (Å²) in [6, 6.07) is 14.5. The molecule has 0 unspecified atom stereocenters. The Hall–Kier alpha value is -3.19. The largest absolute Gasteiger partial charge is 0.325 e. The van der Waals surface area contributed by atoms with Gasteiger partial charge in [0, 0.05) is 29.5 Å². The van der Waals surface area contributed by atoms with Crippen LogP contribution < -0.4 is 5.32 Å². The number of benzene rings is 2. The van der Waals surface area contributed by atoms with Crippen LogP contribution in [-0.2, 0) is 4.79 Å². The van der Waals surface area contributed by atoms with Gasteiger partial charge in [0.1, 0.15) is 0 Å². The molecule has 29 heavy (non-hydrogen) atoms. The number of amides is 3. The third kappa shape index (κ3) is 3.73. The summed E-state index contributed by atoms with van der Waals surface area (Å²) >= 11 is 1.53. The average Bonchev–Trinajstić information content (AvgIpc) is 2.74. The predicted molar refractivity (Wildman–Crippen MR) is 113 cm³/mol. The summed E-state index contributed by atoms with van der Waals surface area (Å²) in [7, 11) is 0. The number of carbonyl (C=O) groups excluding carboxylic acids is 3. The van der Waals surface area contributed by atoms with Gasteiger partial charge in [-0.1, -0.05) is 24.3 Å². The minimum atomic E-state index is -0.309. The third-order valence-electron chi connectivity index (χ3n) is 4.87. The molecule has 1 aliphatic heterocycles. The Balaban J connectivity index is 1.40. The van der Waals surface area contributed by atoms with Crippen LogP contribution in [0, 0.1) is 0 Å². The lowest BCUT2D eigenvalue weighted by molar-refractivity contribution is -0.116. The van der Waals surface area contributed by atoms with E-state index in [4.69, 9.17) is 0 Å². The zero-order valence-corrected chi connectivity index (χ0v) is 16.7. The van der Waals surface area contributed by atoms with Crippen molar-refractivity contribution in [3.8, 4) is 0 Å². The Morgan fingerprint density at radius 3 is 2.31 bits per heavy atom. The third-order valence-corrected chi connectivity index (χ3v) is 5.53. The van der Waals surface area contributed by atoms with Crippen molar-refractivity contribution >= 4 is 45.9 Å². The number of thioether (sulfide) groups is 1. The van der Waals surface area contributed by atoms with Crippen LogP contribution in [0.5, 0.6) is 0 Å². The Bertz CT molecular complexity index is 1060. The van der Waals surface area contributed by atoms with E-state index in [0.29, 0.717) is 28.6 Å². The number of hydrogen-bond donors (Lipinski definition) is 1. The van der Waals surface area contributed by atoms with E-state index in [1.807, 2.05) is 36.6 Å². The van der Waals surface area contributed by atoms with Crippen LogP contribution in [0.25, 0.3) is 10.8 Å². The second-order valence-corrected chi connectivity index (χ2v) is 7.54. The first kappa shape index (κ1) is 19.1. The van der Waals surface area contributed by atoms with Crippen LogP contribution in [0.3, 0.4) is 0 Å². The lowest BCUT2D eigenvalue weighted by Gasteiger charge is -2.27. The van der Waals surface area contributed by atoms with Gasteiger partial charge in [0.05, 0.1) is 16.9 Å². The van der Waals surface area contributed by atoms with Gasteiger partial charge in [0.2, 0.25) is 5.91 Å². The van der Waals surface area contributed by atoms with Crippen LogP contribution in [0.4, 0.5) is 5.69 Å². The molecule has 3 amide bonds. The van der Waals surface area contributed by atoms with Gasteiger partial charge in [-0.2, -0.15) is 0 Å². The van der Waals surface area contributed by atoms with E-state index in [1.54, 1.807) is 24.4 Å². The van der Waals surface area contributed by atoms with E-state index >= 15 is 0 Å². The number of aromatic nitrogens is 1. The van der Waals surface area contributed by atoms with Crippen LogP contribution in [0.2, 0.25) is 0 Å². The minimum Gasteiger partial charge on any atom is -0.325 e. The molecule has 146 valence electrons. The molecule has 0 spiro atoms. The van der Waals surface area contributed by atoms with Gasteiger partial charge in [0.15, 0.2) is 0 Å². The number of pyridine rings is 1. The molecule has 6 nitrogen and oxygen atoms in total. The molecule has 3 aromatic rings. The Kier molecular flexibility index (Phi) is 5.31. The first-order valence-electron chi connectivity index (χ1n) is 9.26. The molecule has 2 aromatic carbocycles. The van der Waals surface area contributed by atoms with E-state index in [9.17, 15) is 14.4 Å². The van der Waals surface area contributed by atoms with Crippen molar-refractivity contribution < 1.29 is 14.4 Å². The maximum atomic E-state index is 12.8. The SMILES string of the molecule is CSc1ccc(NC(=O)CCCN2C(=O)c3cccc4cccc(c34)C2=O)cn1. The zero-order valence-electron chi connectivity index (χ0n) is 15.8. The molecule has 4 rings (SSSR count). The second-order valence-electron chi connectivity index (χ2n) is 6.71. The lowest BCUT2D eigenvalue weighted by Crippen LogP contribution is -2.41. The highest BCUT2D eigenvalue weighted by Crippen LogP contribution is 2.30. The summed E-state index contributed by atoms with van der Waals surface area (Å²) in [5.41, 5.74) is 1.68. The van der Waals surface area contributed by atoms with E-state index < -0.39 is 0 Å². The van der Waals surface area contributed by atoms with Crippen molar-refractivity contribution in [3.63, 3.8) is 0 Å². The predicted octanol–water partition coefficient (Wildman–Crippen LogP) is 3.97. The Morgan fingerprint density at radius 2 is 1.72 bits per heavy atom. The zero-order chi connectivity index (χ0) is 20.4. The van der Waals surface area contributed by atoms with Crippen molar-refractivity contribution in [1.82, 2.24) is 9.88 Å². The average molecular weight is 405 g/mol. The second kappa shape index (κ2) is 8.05. The van der Waals surface area contributed by atoms with E-state index in [2.05, 4.69) is 10.3 Å². The van der Waals surface area contributed by atoms with Crippen LogP contribution in [0.15, 0.2) is 59.8 Å². The first-order valence-corrected chi connectivity index (χ1v) is 10.5. The van der Waals surface area contributed by atoms with Gasteiger partial charge in [-0.3, -0.25) is 19.3 Å². The summed E-state index contributed by atoms with van der Waals surface area (Å²) in [5.74, 6) is -0.795. The van der Waals surface area contributed by atoms with Crippen molar-refractivity contribution in [1.29, 1.82) is 0 Å². The highest BCUT2D eigenvalue weighted by molar-refractivity contribution is 7.98.